The van der Waals surface area contributed by atoms with Crippen molar-refractivity contribution in [2.45, 2.75) is 6.54 Å². The van der Waals surface area contributed by atoms with Crippen molar-refractivity contribution < 1.29 is 0 Å². The Hall–Kier alpha value is -2.80. The third-order valence-electron chi connectivity index (χ3n) is 3.64. The normalized spacial score (nSPS) is 10.9. The van der Waals surface area contributed by atoms with E-state index in [1.165, 1.54) is 0 Å². The largest absolute Gasteiger partial charge is 0.365 e. The highest BCUT2D eigenvalue weighted by Gasteiger charge is 2.16. The van der Waals surface area contributed by atoms with Gasteiger partial charge >= 0.3 is 0 Å². The van der Waals surface area contributed by atoms with Crippen LogP contribution in [0, 0.1) is 0 Å². The molecule has 0 bridgehead atoms. The number of hydrogen-bond donors (Lipinski definition) is 1. The lowest BCUT2D eigenvalue weighted by Gasteiger charge is -2.09. The van der Waals surface area contributed by atoms with E-state index in [-0.39, 0.29) is 0 Å². The molecular weight excluding hydrogens is 368 g/mol. The first-order chi connectivity index (χ1) is 11.8. The van der Waals surface area contributed by atoms with E-state index in [2.05, 4.69) is 36.2 Å². The summed E-state index contributed by atoms with van der Waals surface area (Å²) in [5, 5.41) is 3.45. The molecule has 24 heavy (non-hydrogen) atoms. The van der Waals surface area contributed by atoms with Crippen molar-refractivity contribution >= 4 is 27.4 Å². The van der Waals surface area contributed by atoms with Gasteiger partial charge in [0.2, 0.25) is 0 Å². The standard InChI is InChI=1S/C17H13BrN6/c18-14-3-6-20-10-13(14)16-17(22-9-12-2-1-5-19-8-12)24-11-21-7-4-15(24)23-16/h1-8,10-11,22H,9H2. The maximum atomic E-state index is 4.73. The maximum Gasteiger partial charge on any atom is 0.141 e. The molecule has 7 heteroatoms. The second-order valence-electron chi connectivity index (χ2n) is 5.19. The van der Waals surface area contributed by atoms with Gasteiger partial charge in [-0.1, -0.05) is 6.07 Å². The predicted molar refractivity (Wildman–Crippen MR) is 95.5 cm³/mol. The molecule has 118 valence electrons. The monoisotopic (exact) mass is 380 g/mol. The zero-order valence-corrected chi connectivity index (χ0v) is 14.2. The van der Waals surface area contributed by atoms with Gasteiger partial charge in [-0.25, -0.2) is 9.97 Å². The lowest BCUT2D eigenvalue weighted by molar-refractivity contribution is 1.04. The van der Waals surface area contributed by atoms with E-state index >= 15 is 0 Å². The van der Waals surface area contributed by atoms with Crippen molar-refractivity contribution in [2.75, 3.05) is 5.32 Å². The lowest BCUT2D eigenvalue weighted by Crippen LogP contribution is -2.04. The van der Waals surface area contributed by atoms with E-state index in [9.17, 15) is 0 Å². The molecule has 0 saturated carbocycles. The van der Waals surface area contributed by atoms with E-state index < -0.39 is 0 Å². The Kier molecular flexibility index (Phi) is 3.92. The highest BCUT2D eigenvalue weighted by molar-refractivity contribution is 9.10. The van der Waals surface area contributed by atoms with Gasteiger partial charge in [-0.15, -0.1) is 0 Å². The summed E-state index contributed by atoms with van der Waals surface area (Å²) in [7, 11) is 0. The number of fused-ring (bicyclic) bond motifs is 1. The van der Waals surface area contributed by atoms with Crippen molar-refractivity contribution in [3.05, 3.63) is 71.6 Å². The summed E-state index contributed by atoms with van der Waals surface area (Å²) in [5.41, 5.74) is 3.67. The van der Waals surface area contributed by atoms with Gasteiger partial charge in [0.15, 0.2) is 0 Å². The van der Waals surface area contributed by atoms with Gasteiger partial charge in [-0.05, 0) is 39.7 Å². The number of rotatable bonds is 4. The number of nitrogens with one attached hydrogen (secondary N) is 1. The molecule has 4 aromatic rings. The fourth-order valence-corrected chi connectivity index (χ4v) is 2.90. The molecule has 0 spiro atoms. The first kappa shape index (κ1) is 14.8. The molecule has 0 unspecified atom stereocenters. The molecule has 4 rings (SSSR count). The summed E-state index contributed by atoms with van der Waals surface area (Å²) in [4.78, 5) is 17.3. The molecule has 0 amide bonds. The Balaban J connectivity index is 1.80. The number of halogens is 1. The van der Waals surface area contributed by atoms with Gasteiger partial charge in [0.05, 0.1) is 0 Å². The minimum Gasteiger partial charge on any atom is -0.365 e. The molecule has 4 heterocycles. The van der Waals surface area contributed by atoms with Crippen molar-refractivity contribution in [3.63, 3.8) is 0 Å². The van der Waals surface area contributed by atoms with Gasteiger partial charge in [0, 0.05) is 47.6 Å². The molecule has 6 nitrogen and oxygen atoms in total. The fraction of sp³-hybridized carbons (Fsp3) is 0.0588. The Morgan fingerprint density at radius 1 is 1.00 bits per heavy atom. The summed E-state index contributed by atoms with van der Waals surface area (Å²) in [6, 6.07) is 7.73. The van der Waals surface area contributed by atoms with Crippen LogP contribution in [0.1, 0.15) is 5.56 Å². The van der Waals surface area contributed by atoms with E-state index in [0.717, 1.165) is 32.8 Å². The minimum atomic E-state index is 0.640. The van der Waals surface area contributed by atoms with Crippen molar-refractivity contribution in [3.8, 4) is 11.3 Å². The quantitative estimate of drug-likeness (QED) is 0.586. The van der Waals surface area contributed by atoms with Crippen molar-refractivity contribution in [1.82, 2.24) is 24.3 Å². The summed E-state index contributed by atoms with van der Waals surface area (Å²) >= 11 is 3.58. The van der Waals surface area contributed by atoms with Crippen LogP contribution in [0.2, 0.25) is 0 Å². The second-order valence-corrected chi connectivity index (χ2v) is 6.04. The number of anilines is 1. The Morgan fingerprint density at radius 2 is 1.88 bits per heavy atom. The van der Waals surface area contributed by atoms with Gasteiger partial charge < -0.3 is 5.32 Å². The highest BCUT2D eigenvalue weighted by atomic mass is 79.9. The van der Waals surface area contributed by atoms with Crippen molar-refractivity contribution in [2.24, 2.45) is 0 Å². The molecule has 0 aromatic carbocycles. The van der Waals surface area contributed by atoms with Crippen LogP contribution >= 0.6 is 15.9 Å². The number of aromatic nitrogens is 5. The number of imidazole rings is 1. The average molecular weight is 381 g/mol. The summed E-state index contributed by atoms with van der Waals surface area (Å²) in [6.45, 7) is 0.640. The SMILES string of the molecule is Brc1ccncc1-c1nc2ccncn2c1NCc1cccnc1. The Morgan fingerprint density at radius 3 is 2.71 bits per heavy atom. The molecule has 0 radical (unpaired) electrons. The predicted octanol–water partition coefficient (Wildman–Crippen LogP) is 3.56. The zero-order valence-electron chi connectivity index (χ0n) is 12.6. The Bertz CT molecular complexity index is 983. The first-order valence-electron chi connectivity index (χ1n) is 7.37. The molecule has 0 atom stereocenters. The number of nitrogens with zero attached hydrogens (tertiary/aromatic N) is 5. The van der Waals surface area contributed by atoms with Crippen molar-refractivity contribution in [1.29, 1.82) is 0 Å². The molecule has 0 aliphatic carbocycles. The van der Waals surface area contributed by atoms with Gasteiger partial charge in [0.25, 0.3) is 0 Å². The number of pyridine rings is 2. The van der Waals surface area contributed by atoms with Gasteiger partial charge in [-0.2, -0.15) is 0 Å². The van der Waals surface area contributed by atoms with Crippen LogP contribution in [0.4, 0.5) is 5.82 Å². The number of hydrogen-bond acceptors (Lipinski definition) is 5. The third kappa shape index (κ3) is 2.74. The summed E-state index contributed by atoms with van der Waals surface area (Å²) < 4.78 is 2.88. The van der Waals surface area contributed by atoms with E-state index in [1.54, 1.807) is 31.1 Å². The van der Waals surface area contributed by atoms with Crippen LogP contribution < -0.4 is 5.32 Å². The molecular formula is C17H13BrN6. The molecule has 4 aromatic heterocycles. The first-order valence-corrected chi connectivity index (χ1v) is 8.17. The summed E-state index contributed by atoms with van der Waals surface area (Å²) in [5.74, 6) is 0.871. The van der Waals surface area contributed by atoms with Crippen LogP contribution in [0.3, 0.4) is 0 Å². The van der Waals surface area contributed by atoms with E-state index in [0.29, 0.717) is 6.54 Å². The third-order valence-corrected chi connectivity index (χ3v) is 4.33. The zero-order chi connectivity index (χ0) is 16.4. The molecule has 0 aliphatic rings. The van der Waals surface area contributed by atoms with Gasteiger partial charge in [0.1, 0.15) is 23.5 Å². The lowest BCUT2D eigenvalue weighted by atomic mass is 10.2. The fourth-order valence-electron chi connectivity index (χ4n) is 2.50. The molecule has 0 aliphatic heterocycles. The van der Waals surface area contributed by atoms with E-state index in [4.69, 9.17) is 4.98 Å². The smallest absolute Gasteiger partial charge is 0.141 e. The highest BCUT2D eigenvalue weighted by Crippen LogP contribution is 2.33. The van der Waals surface area contributed by atoms with Crippen LogP contribution in [0.5, 0.6) is 0 Å². The average Bonchev–Trinajstić information content (AvgIpc) is 2.99. The van der Waals surface area contributed by atoms with Crippen LogP contribution in [-0.4, -0.2) is 24.3 Å². The van der Waals surface area contributed by atoms with Crippen LogP contribution in [0.15, 0.2) is 66.0 Å². The van der Waals surface area contributed by atoms with Crippen LogP contribution in [-0.2, 0) is 6.54 Å². The Labute approximate surface area is 146 Å². The van der Waals surface area contributed by atoms with Crippen LogP contribution in [0.25, 0.3) is 16.9 Å². The van der Waals surface area contributed by atoms with E-state index in [1.807, 2.05) is 34.9 Å². The summed E-state index contributed by atoms with van der Waals surface area (Å²) in [6.07, 6.45) is 10.6. The molecule has 0 saturated heterocycles. The maximum absolute atomic E-state index is 4.73. The van der Waals surface area contributed by atoms with Gasteiger partial charge in [-0.3, -0.25) is 14.4 Å². The minimum absolute atomic E-state index is 0.640. The topological polar surface area (TPSA) is 68.0 Å². The second kappa shape index (κ2) is 6.37. The molecule has 1 N–H and O–H groups in total. The molecule has 0 fully saturated rings.